The highest BCUT2D eigenvalue weighted by molar-refractivity contribution is 7.14. The second-order valence-corrected chi connectivity index (χ2v) is 6.81. The Labute approximate surface area is 153 Å². The molecule has 2 aromatic rings. The maximum absolute atomic E-state index is 13.2. The minimum Gasteiger partial charge on any atom is -0.349 e. The molecule has 0 radical (unpaired) electrons. The van der Waals surface area contributed by atoms with E-state index in [1.165, 1.54) is 18.2 Å². The topological polar surface area (TPSA) is 74.3 Å². The molecule has 138 valence electrons. The monoisotopic (exact) mass is 380 g/mol. The number of carbonyl (C=O) groups excluding carboxylic acids is 2. The number of nitrogens with one attached hydrogen (secondary N) is 2. The summed E-state index contributed by atoms with van der Waals surface area (Å²) in [4.78, 5) is 30.4. The van der Waals surface area contributed by atoms with Crippen molar-refractivity contribution < 1.29 is 18.4 Å². The van der Waals surface area contributed by atoms with Crippen molar-refractivity contribution in [2.45, 2.75) is 12.8 Å². The molecule has 1 fully saturated rings. The fourth-order valence-electron chi connectivity index (χ4n) is 2.71. The van der Waals surface area contributed by atoms with Crippen LogP contribution in [0.5, 0.6) is 0 Å². The van der Waals surface area contributed by atoms with Gasteiger partial charge < -0.3 is 10.2 Å². The molecule has 2 heterocycles. The van der Waals surface area contributed by atoms with Crippen LogP contribution in [0.25, 0.3) is 0 Å². The van der Waals surface area contributed by atoms with Gasteiger partial charge in [-0.1, -0.05) is 0 Å². The first-order valence-corrected chi connectivity index (χ1v) is 9.13. The van der Waals surface area contributed by atoms with Crippen molar-refractivity contribution >= 4 is 28.3 Å². The molecule has 2 amide bonds. The number of likely N-dealkylation sites (tertiary alicyclic amines) is 1. The Bertz CT molecular complexity index is 786. The first kappa shape index (κ1) is 18.4. The summed E-state index contributed by atoms with van der Waals surface area (Å²) in [6.45, 7) is 3.44. The zero-order chi connectivity index (χ0) is 18.5. The Balaban J connectivity index is 1.53. The molecule has 9 heteroatoms. The summed E-state index contributed by atoms with van der Waals surface area (Å²) in [5.74, 6) is -2.70. The number of hydrogen-bond acceptors (Lipinski definition) is 5. The first-order chi connectivity index (χ1) is 12.5. The molecule has 26 heavy (non-hydrogen) atoms. The zero-order valence-electron chi connectivity index (χ0n) is 13.9. The van der Waals surface area contributed by atoms with Crippen LogP contribution in [0.15, 0.2) is 23.6 Å². The summed E-state index contributed by atoms with van der Waals surface area (Å²) >= 11 is 1.07. The van der Waals surface area contributed by atoms with Crippen LogP contribution in [0.4, 0.5) is 13.9 Å². The molecule has 0 aliphatic carbocycles. The van der Waals surface area contributed by atoms with E-state index in [1.54, 1.807) is 0 Å². The third kappa shape index (κ3) is 4.83. The molecule has 1 saturated heterocycles. The lowest BCUT2D eigenvalue weighted by Crippen LogP contribution is -2.33. The van der Waals surface area contributed by atoms with E-state index in [-0.39, 0.29) is 22.3 Å². The number of benzene rings is 1. The molecular formula is C17H18F2N4O2S. The Morgan fingerprint density at radius 2 is 1.81 bits per heavy atom. The van der Waals surface area contributed by atoms with Crippen molar-refractivity contribution in [1.29, 1.82) is 0 Å². The van der Waals surface area contributed by atoms with E-state index >= 15 is 0 Å². The Kier molecular flexibility index (Phi) is 5.89. The van der Waals surface area contributed by atoms with Gasteiger partial charge in [0.2, 0.25) is 0 Å². The number of rotatable bonds is 6. The van der Waals surface area contributed by atoms with Gasteiger partial charge in [-0.25, -0.2) is 13.8 Å². The van der Waals surface area contributed by atoms with E-state index < -0.39 is 17.5 Å². The van der Waals surface area contributed by atoms with Crippen LogP contribution in [0.2, 0.25) is 0 Å². The average Bonchev–Trinajstić information content (AvgIpc) is 3.25. The van der Waals surface area contributed by atoms with Crippen LogP contribution >= 0.6 is 11.3 Å². The number of halogens is 2. The van der Waals surface area contributed by atoms with E-state index in [9.17, 15) is 18.4 Å². The fourth-order valence-corrected chi connectivity index (χ4v) is 3.40. The van der Waals surface area contributed by atoms with Crippen molar-refractivity contribution in [3.63, 3.8) is 0 Å². The normalized spacial score (nSPS) is 14.4. The molecule has 0 unspecified atom stereocenters. The van der Waals surface area contributed by atoms with Crippen molar-refractivity contribution in [2.75, 3.05) is 31.5 Å². The molecule has 1 aromatic carbocycles. The minimum atomic E-state index is -0.840. The fraction of sp³-hybridized carbons (Fsp3) is 0.353. The molecular weight excluding hydrogens is 362 g/mol. The third-order valence-electron chi connectivity index (χ3n) is 3.99. The van der Waals surface area contributed by atoms with Gasteiger partial charge in [-0.15, -0.1) is 11.3 Å². The van der Waals surface area contributed by atoms with Gasteiger partial charge in [-0.05, 0) is 38.1 Å². The number of hydrogen-bond donors (Lipinski definition) is 2. The summed E-state index contributed by atoms with van der Waals surface area (Å²) in [7, 11) is 0. The molecule has 1 aromatic heterocycles. The van der Waals surface area contributed by atoms with Gasteiger partial charge in [0.05, 0.1) is 0 Å². The number of thiazole rings is 1. The first-order valence-electron chi connectivity index (χ1n) is 8.25. The zero-order valence-corrected chi connectivity index (χ0v) is 14.7. The van der Waals surface area contributed by atoms with E-state index in [0.29, 0.717) is 12.6 Å². The number of anilines is 1. The summed E-state index contributed by atoms with van der Waals surface area (Å²) in [6.07, 6.45) is 2.39. The average molecular weight is 380 g/mol. The highest BCUT2D eigenvalue weighted by Gasteiger charge is 2.15. The molecule has 1 aliphatic heterocycles. The van der Waals surface area contributed by atoms with Gasteiger partial charge in [0.1, 0.15) is 17.3 Å². The van der Waals surface area contributed by atoms with Crippen LogP contribution in [-0.4, -0.2) is 47.9 Å². The predicted molar refractivity (Wildman–Crippen MR) is 94.4 cm³/mol. The highest BCUT2D eigenvalue weighted by Crippen LogP contribution is 2.17. The lowest BCUT2D eigenvalue weighted by atomic mass is 10.2. The van der Waals surface area contributed by atoms with E-state index in [0.717, 1.165) is 43.1 Å². The lowest BCUT2D eigenvalue weighted by Gasteiger charge is -2.14. The van der Waals surface area contributed by atoms with Gasteiger partial charge in [0, 0.05) is 30.1 Å². The van der Waals surface area contributed by atoms with Crippen LogP contribution in [0.1, 0.15) is 33.7 Å². The highest BCUT2D eigenvalue weighted by atomic mass is 32.1. The van der Waals surface area contributed by atoms with E-state index in [4.69, 9.17) is 0 Å². The number of aromatic nitrogens is 1. The standard InChI is InChI=1S/C17H18F2N4O2S/c18-12-7-11(8-13(19)9-12)15(24)22-17-21-14(10-26-17)16(25)20-3-6-23-4-1-2-5-23/h7-10H,1-6H2,(H,20,25)(H,21,22,24). The Morgan fingerprint density at radius 3 is 2.50 bits per heavy atom. The molecule has 0 atom stereocenters. The molecule has 2 N–H and O–H groups in total. The maximum Gasteiger partial charge on any atom is 0.270 e. The number of carbonyl (C=O) groups is 2. The van der Waals surface area contributed by atoms with Crippen LogP contribution in [0.3, 0.4) is 0 Å². The summed E-state index contributed by atoms with van der Waals surface area (Å²) in [5, 5.41) is 6.93. The van der Waals surface area contributed by atoms with Crippen molar-refractivity contribution in [3.8, 4) is 0 Å². The maximum atomic E-state index is 13.2. The number of nitrogens with zero attached hydrogens (tertiary/aromatic N) is 2. The summed E-state index contributed by atoms with van der Waals surface area (Å²) in [6, 6.07) is 2.54. The molecule has 6 nitrogen and oxygen atoms in total. The van der Waals surface area contributed by atoms with Crippen molar-refractivity contribution in [3.05, 3.63) is 46.5 Å². The predicted octanol–water partition coefficient (Wildman–Crippen LogP) is 2.50. The smallest absolute Gasteiger partial charge is 0.270 e. The van der Waals surface area contributed by atoms with Crippen LogP contribution in [0, 0.1) is 11.6 Å². The second kappa shape index (κ2) is 8.33. The summed E-state index contributed by atoms with van der Waals surface area (Å²) in [5.41, 5.74) is 0.0338. The molecule has 3 rings (SSSR count). The third-order valence-corrected chi connectivity index (χ3v) is 4.75. The Morgan fingerprint density at radius 1 is 1.12 bits per heavy atom. The summed E-state index contributed by atoms with van der Waals surface area (Å²) < 4.78 is 26.4. The minimum absolute atomic E-state index is 0.158. The van der Waals surface area contributed by atoms with Gasteiger partial charge >= 0.3 is 0 Å². The van der Waals surface area contributed by atoms with Gasteiger partial charge in [0.25, 0.3) is 11.8 Å². The van der Waals surface area contributed by atoms with E-state index in [1.807, 2.05) is 0 Å². The van der Waals surface area contributed by atoms with Crippen LogP contribution in [-0.2, 0) is 0 Å². The SMILES string of the molecule is O=C(Nc1nc(C(=O)NCCN2CCCC2)cs1)c1cc(F)cc(F)c1. The van der Waals surface area contributed by atoms with Gasteiger partial charge in [-0.3, -0.25) is 14.9 Å². The Hall–Kier alpha value is -2.39. The second-order valence-electron chi connectivity index (χ2n) is 5.95. The van der Waals surface area contributed by atoms with E-state index in [2.05, 4.69) is 20.5 Å². The molecule has 0 saturated carbocycles. The lowest BCUT2D eigenvalue weighted by molar-refractivity contribution is 0.0944. The largest absolute Gasteiger partial charge is 0.349 e. The molecule has 1 aliphatic rings. The number of amides is 2. The van der Waals surface area contributed by atoms with Gasteiger partial charge in [0.15, 0.2) is 5.13 Å². The van der Waals surface area contributed by atoms with Crippen LogP contribution < -0.4 is 10.6 Å². The van der Waals surface area contributed by atoms with Gasteiger partial charge in [-0.2, -0.15) is 0 Å². The molecule has 0 bridgehead atoms. The molecule has 0 spiro atoms. The quantitative estimate of drug-likeness (QED) is 0.808. The van der Waals surface area contributed by atoms with Crippen molar-refractivity contribution in [1.82, 2.24) is 15.2 Å². The van der Waals surface area contributed by atoms with Crippen molar-refractivity contribution in [2.24, 2.45) is 0 Å².